The third kappa shape index (κ3) is 5.93. The average molecular weight is 304 g/mol. The SMILES string of the molecule is CCCS(=O)(=O)CCC(CNC)c1ccc(Cl)cc1. The van der Waals surface area contributed by atoms with Crippen LogP contribution in [0.5, 0.6) is 0 Å². The molecule has 5 heteroatoms. The van der Waals surface area contributed by atoms with Crippen molar-refractivity contribution in [1.29, 1.82) is 0 Å². The van der Waals surface area contributed by atoms with Gasteiger partial charge in [-0.1, -0.05) is 30.7 Å². The van der Waals surface area contributed by atoms with E-state index in [1.165, 1.54) is 0 Å². The van der Waals surface area contributed by atoms with Crippen LogP contribution < -0.4 is 5.32 Å². The van der Waals surface area contributed by atoms with Gasteiger partial charge in [-0.2, -0.15) is 0 Å². The van der Waals surface area contributed by atoms with Gasteiger partial charge in [-0.25, -0.2) is 8.42 Å². The number of hydrogen-bond acceptors (Lipinski definition) is 3. The lowest BCUT2D eigenvalue weighted by molar-refractivity contribution is 0.573. The topological polar surface area (TPSA) is 46.2 Å². The van der Waals surface area contributed by atoms with Crippen LogP contribution in [-0.2, 0) is 9.84 Å². The Kier molecular flexibility index (Phi) is 6.83. The zero-order valence-electron chi connectivity index (χ0n) is 11.5. The number of rotatable bonds is 8. The van der Waals surface area contributed by atoms with E-state index in [1.807, 2.05) is 38.2 Å². The highest BCUT2D eigenvalue weighted by atomic mass is 35.5. The van der Waals surface area contributed by atoms with Crippen molar-refractivity contribution in [2.75, 3.05) is 25.1 Å². The first kappa shape index (κ1) is 16.5. The number of likely N-dealkylation sites (N-methyl/N-ethyl adjacent to an activating group) is 1. The Bertz CT molecular complexity index is 471. The van der Waals surface area contributed by atoms with Crippen LogP contribution in [0.1, 0.15) is 31.2 Å². The molecule has 0 aromatic heterocycles. The summed E-state index contributed by atoms with van der Waals surface area (Å²) in [7, 11) is -1.04. The highest BCUT2D eigenvalue weighted by molar-refractivity contribution is 7.91. The van der Waals surface area contributed by atoms with Crippen molar-refractivity contribution in [3.05, 3.63) is 34.9 Å². The second-order valence-electron chi connectivity index (χ2n) is 4.75. The molecule has 0 radical (unpaired) electrons. The Balaban J connectivity index is 2.70. The van der Waals surface area contributed by atoms with Gasteiger partial charge >= 0.3 is 0 Å². The molecule has 19 heavy (non-hydrogen) atoms. The summed E-state index contributed by atoms with van der Waals surface area (Å²) in [4.78, 5) is 0. The second kappa shape index (κ2) is 7.88. The van der Waals surface area contributed by atoms with Crippen LogP contribution in [0.4, 0.5) is 0 Å². The number of hydrogen-bond donors (Lipinski definition) is 1. The molecule has 1 rings (SSSR count). The largest absolute Gasteiger partial charge is 0.319 e. The molecule has 0 spiro atoms. The third-order valence-corrected chi connectivity index (χ3v) is 5.22. The smallest absolute Gasteiger partial charge is 0.150 e. The summed E-state index contributed by atoms with van der Waals surface area (Å²) in [6, 6.07) is 7.63. The van der Waals surface area contributed by atoms with Crippen molar-refractivity contribution in [1.82, 2.24) is 5.32 Å². The molecular formula is C14H22ClNO2S. The first-order valence-corrected chi connectivity index (χ1v) is 8.79. The van der Waals surface area contributed by atoms with Gasteiger partial charge in [0.2, 0.25) is 0 Å². The minimum atomic E-state index is -2.92. The van der Waals surface area contributed by atoms with Gasteiger partial charge in [0.25, 0.3) is 0 Å². The lowest BCUT2D eigenvalue weighted by Gasteiger charge is -2.17. The predicted molar refractivity (Wildman–Crippen MR) is 81.7 cm³/mol. The summed E-state index contributed by atoms with van der Waals surface area (Å²) in [5, 5.41) is 3.82. The van der Waals surface area contributed by atoms with Crippen molar-refractivity contribution in [3.63, 3.8) is 0 Å². The summed E-state index contributed by atoms with van der Waals surface area (Å²) in [5.41, 5.74) is 1.13. The Morgan fingerprint density at radius 3 is 2.37 bits per heavy atom. The highest BCUT2D eigenvalue weighted by Gasteiger charge is 2.16. The monoisotopic (exact) mass is 303 g/mol. The molecule has 0 aliphatic carbocycles. The van der Waals surface area contributed by atoms with Crippen molar-refractivity contribution < 1.29 is 8.42 Å². The van der Waals surface area contributed by atoms with Gasteiger partial charge in [-0.15, -0.1) is 0 Å². The molecule has 3 nitrogen and oxygen atoms in total. The molecule has 0 aliphatic rings. The predicted octanol–water partition coefficient (Wildman–Crippen LogP) is 2.86. The normalized spacial score (nSPS) is 13.4. The van der Waals surface area contributed by atoms with Crippen molar-refractivity contribution in [2.45, 2.75) is 25.7 Å². The number of nitrogens with one attached hydrogen (secondary N) is 1. The standard InChI is InChI=1S/C14H22ClNO2S/c1-3-9-19(17,18)10-8-13(11-16-2)12-4-6-14(15)7-5-12/h4-7,13,16H,3,8-11H2,1-2H3. The molecule has 1 N–H and O–H groups in total. The van der Waals surface area contributed by atoms with Crippen molar-refractivity contribution in [2.24, 2.45) is 0 Å². The van der Waals surface area contributed by atoms with Crippen LogP contribution in [0, 0.1) is 0 Å². The molecule has 0 saturated heterocycles. The molecule has 0 aliphatic heterocycles. The molecule has 1 atom stereocenters. The third-order valence-electron chi connectivity index (χ3n) is 3.08. The van der Waals surface area contributed by atoms with Gasteiger partial charge in [0.1, 0.15) is 9.84 Å². The number of benzene rings is 1. The Morgan fingerprint density at radius 1 is 1.21 bits per heavy atom. The fourth-order valence-corrected chi connectivity index (χ4v) is 3.70. The average Bonchev–Trinajstić information content (AvgIpc) is 2.35. The zero-order chi connectivity index (χ0) is 14.3. The lowest BCUT2D eigenvalue weighted by atomic mass is 9.96. The molecule has 0 bridgehead atoms. The maximum atomic E-state index is 11.8. The maximum absolute atomic E-state index is 11.8. The fourth-order valence-electron chi connectivity index (χ4n) is 2.10. The molecule has 0 heterocycles. The Morgan fingerprint density at radius 2 is 1.84 bits per heavy atom. The van der Waals surface area contributed by atoms with Gasteiger partial charge in [0, 0.05) is 17.3 Å². The summed E-state index contributed by atoms with van der Waals surface area (Å²) < 4.78 is 23.6. The fraction of sp³-hybridized carbons (Fsp3) is 0.571. The number of halogens is 1. The molecule has 0 amide bonds. The zero-order valence-corrected chi connectivity index (χ0v) is 13.1. The lowest BCUT2D eigenvalue weighted by Crippen LogP contribution is -2.21. The summed E-state index contributed by atoms with van der Waals surface area (Å²) in [6.07, 6.45) is 1.32. The van der Waals surface area contributed by atoms with E-state index < -0.39 is 9.84 Å². The quantitative estimate of drug-likeness (QED) is 0.803. The van der Waals surface area contributed by atoms with Gasteiger partial charge < -0.3 is 5.32 Å². The summed E-state index contributed by atoms with van der Waals surface area (Å²) in [5.74, 6) is 0.726. The number of sulfone groups is 1. The van der Waals surface area contributed by atoms with E-state index in [9.17, 15) is 8.42 Å². The van der Waals surface area contributed by atoms with Crippen molar-refractivity contribution >= 4 is 21.4 Å². The van der Waals surface area contributed by atoms with Crippen LogP contribution in [0.15, 0.2) is 24.3 Å². The Labute approximate surface area is 121 Å². The summed E-state index contributed by atoms with van der Waals surface area (Å²) >= 11 is 5.87. The van der Waals surface area contributed by atoms with E-state index in [4.69, 9.17) is 11.6 Å². The van der Waals surface area contributed by atoms with E-state index in [0.29, 0.717) is 17.9 Å². The minimum Gasteiger partial charge on any atom is -0.319 e. The molecule has 1 aromatic carbocycles. The van der Waals surface area contributed by atoms with Gasteiger partial charge in [0.05, 0.1) is 5.75 Å². The van der Waals surface area contributed by atoms with Gasteiger partial charge in [0.15, 0.2) is 0 Å². The van der Waals surface area contributed by atoms with E-state index in [1.54, 1.807) is 0 Å². The molecule has 1 unspecified atom stereocenters. The van der Waals surface area contributed by atoms with Crippen LogP contribution in [0.25, 0.3) is 0 Å². The van der Waals surface area contributed by atoms with Crippen LogP contribution in [0.3, 0.4) is 0 Å². The first-order chi connectivity index (χ1) is 8.98. The molecule has 108 valence electrons. The first-order valence-electron chi connectivity index (χ1n) is 6.59. The minimum absolute atomic E-state index is 0.203. The second-order valence-corrected chi connectivity index (χ2v) is 7.49. The molecule has 0 saturated carbocycles. The Hall–Kier alpha value is -0.580. The van der Waals surface area contributed by atoms with Gasteiger partial charge in [-0.05, 0) is 43.5 Å². The molecule has 1 aromatic rings. The van der Waals surface area contributed by atoms with Crippen LogP contribution in [-0.4, -0.2) is 33.5 Å². The summed E-state index contributed by atoms with van der Waals surface area (Å²) in [6.45, 7) is 2.66. The van der Waals surface area contributed by atoms with Crippen LogP contribution in [0.2, 0.25) is 5.02 Å². The van der Waals surface area contributed by atoms with Gasteiger partial charge in [-0.3, -0.25) is 0 Å². The molecule has 0 fully saturated rings. The van der Waals surface area contributed by atoms with E-state index >= 15 is 0 Å². The molecular weight excluding hydrogens is 282 g/mol. The highest BCUT2D eigenvalue weighted by Crippen LogP contribution is 2.22. The van der Waals surface area contributed by atoms with Crippen LogP contribution >= 0.6 is 11.6 Å². The maximum Gasteiger partial charge on any atom is 0.150 e. The van der Waals surface area contributed by atoms with E-state index in [0.717, 1.165) is 12.1 Å². The van der Waals surface area contributed by atoms with E-state index in [-0.39, 0.29) is 17.4 Å². The van der Waals surface area contributed by atoms with E-state index in [2.05, 4.69) is 5.32 Å². The van der Waals surface area contributed by atoms with Crippen molar-refractivity contribution in [3.8, 4) is 0 Å².